The molecule has 2 rings (SSSR count). The summed E-state index contributed by atoms with van der Waals surface area (Å²) in [6.45, 7) is 8.51. The van der Waals surface area contributed by atoms with Crippen LogP contribution in [0.4, 0.5) is 0 Å². The van der Waals surface area contributed by atoms with Gasteiger partial charge in [0.05, 0.1) is 7.11 Å². The van der Waals surface area contributed by atoms with Crippen LogP contribution in [0, 0.1) is 13.8 Å². The summed E-state index contributed by atoms with van der Waals surface area (Å²) in [6, 6.07) is 9.69. The first-order chi connectivity index (χ1) is 10.4. The molecule has 0 aliphatic heterocycles. The summed E-state index contributed by atoms with van der Waals surface area (Å²) < 4.78 is 7.38. The second kappa shape index (κ2) is 6.65. The molecule has 1 aromatic carbocycles. The fourth-order valence-electron chi connectivity index (χ4n) is 2.78. The summed E-state index contributed by atoms with van der Waals surface area (Å²) in [5.74, 6) is 0.748. The molecule has 0 saturated carbocycles. The minimum absolute atomic E-state index is 0.00277. The molecule has 0 unspecified atom stereocenters. The van der Waals surface area contributed by atoms with Gasteiger partial charge in [-0.05, 0) is 75.7 Å². The summed E-state index contributed by atoms with van der Waals surface area (Å²) in [5, 5.41) is 0. The largest absolute Gasteiger partial charge is 0.497 e. The lowest BCUT2D eigenvalue weighted by molar-refractivity contribution is 0.104. The van der Waals surface area contributed by atoms with E-state index in [1.54, 1.807) is 37.5 Å². The van der Waals surface area contributed by atoms with Gasteiger partial charge in [0.15, 0.2) is 5.78 Å². The smallest absolute Gasteiger partial charge is 0.185 e. The number of ether oxygens (including phenoxy) is 1. The molecule has 0 saturated heterocycles. The van der Waals surface area contributed by atoms with Crippen LogP contribution in [-0.2, 0) is 0 Å². The number of ketones is 1. The van der Waals surface area contributed by atoms with Crippen LogP contribution >= 0.6 is 0 Å². The SMILES string of the molecule is COc1ccc(C(=O)/C=C/c2cc(C)n(C(C)C)c2C)cc1. The van der Waals surface area contributed by atoms with E-state index in [0.717, 1.165) is 11.3 Å². The Morgan fingerprint density at radius 3 is 2.32 bits per heavy atom. The van der Waals surface area contributed by atoms with E-state index in [1.807, 2.05) is 6.08 Å². The molecular formula is C19H23NO2. The fourth-order valence-corrected chi connectivity index (χ4v) is 2.78. The lowest BCUT2D eigenvalue weighted by atomic mass is 10.1. The number of aromatic nitrogens is 1. The Kier molecular flexibility index (Phi) is 4.86. The first kappa shape index (κ1) is 16.1. The topological polar surface area (TPSA) is 31.2 Å². The molecule has 0 fully saturated rings. The zero-order chi connectivity index (χ0) is 16.3. The number of methoxy groups -OCH3 is 1. The standard InChI is InChI=1S/C19H23NO2/c1-13(2)20-14(3)12-17(15(20)4)8-11-19(21)16-6-9-18(22-5)10-7-16/h6-13H,1-5H3/b11-8+. The molecule has 1 heterocycles. The van der Waals surface area contributed by atoms with E-state index >= 15 is 0 Å². The van der Waals surface area contributed by atoms with Crippen LogP contribution < -0.4 is 4.74 Å². The molecule has 0 aliphatic carbocycles. The van der Waals surface area contributed by atoms with E-state index in [1.165, 1.54) is 11.4 Å². The summed E-state index contributed by atoms with van der Waals surface area (Å²) in [5.41, 5.74) is 4.15. The van der Waals surface area contributed by atoms with Gasteiger partial charge in [-0.1, -0.05) is 0 Å². The van der Waals surface area contributed by atoms with Gasteiger partial charge in [0.25, 0.3) is 0 Å². The quantitative estimate of drug-likeness (QED) is 0.597. The lowest BCUT2D eigenvalue weighted by Crippen LogP contribution is -2.04. The van der Waals surface area contributed by atoms with Crippen molar-refractivity contribution in [1.29, 1.82) is 0 Å². The van der Waals surface area contributed by atoms with Gasteiger partial charge in [-0.25, -0.2) is 0 Å². The minimum Gasteiger partial charge on any atom is -0.497 e. The number of rotatable bonds is 5. The highest BCUT2D eigenvalue weighted by Crippen LogP contribution is 2.21. The highest BCUT2D eigenvalue weighted by molar-refractivity contribution is 6.06. The number of allylic oxidation sites excluding steroid dienone is 1. The molecule has 0 N–H and O–H groups in total. The predicted molar refractivity (Wildman–Crippen MR) is 90.6 cm³/mol. The first-order valence-electron chi connectivity index (χ1n) is 7.49. The molecule has 1 aromatic heterocycles. The van der Waals surface area contributed by atoms with Gasteiger partial charge in [0, 0.05) is 23.0 Å². The van der Waals surface area contributed by atoms with Crippen LogP contribution in [0.2, 0.25) is 0 Å². The van der Waals surface area contributed by atoms with E-state index in [4.69, 9.17) is 4.74 Å². The van der Waals surface area contributed by atoms with Crippen LogP contribution in [0.1, 0.15) is 47.2 Å². The Morgan fingerprint density at radius 2 is 1.82 bits per heavy atom. The molecule has 0 amide bonds. The number of nitrogens with zero attached hydrogens (tertiary/aromatic N) is 1. The van der Waals surface area contributed by atoms with Crippen LogP contribution in [0.3, 0.4) is 0 Å². The maximum Gasteiger partial charge on any atom is 0.185 e. The second-order valence-electron chi connectivity index (χ2n) is 5.72. The third-order valence-electron chi connectivity index (χ3n) is 3.83. The maximum atomic E-state index is 12.2. The van der Waals surface area contributed by atoms with Crippen molar-refractivity contribution >= 4 is 11.9 Å². The van der Waals surface area contributed by atoms with E-state index in [9.17, 15) is 4.79 Å². The molecule has 3 heteroatoms. The molecule has 0 bridgehead atoms. The monoisotopic (exact) mass is 297 g/mol. The number of carbonyl (C=O) groups is 1. The van der Waals surface area contributed by atoms with Crippen molar-refractivity contribution in [2.75, 3.05) is 7.11 Å². The molecule has 2 aromatic rings. The van der Waals surface area contributed by atoms with Crippen LogP contribution in [0.5, 0.6) is 5.75 Å². The third kappa shape index (κ3) is 3.30. The highest BCUT2D eigenvalue weighted by atomic mass is 16.5. The number of benzene rings is 1. The lowest BCUT2D eigenvalue weighted by Gasteiger charge is -2.13. The molecule has 0 spiro atoms. The Bertz CT molecular complexity index is 691. The number of hydrogen-bond donors (Lipinski definition) is 0. The van der Waals surface area contributed by atoms with Crippen molar-refractivity contribution in [1.82, 2.24) is 4.57 Å². The number of aryl methyl sites for hydroxylation is 1. The van der Waals surface area contributed by atoms with Crippen molar-refractivity contribution in [3.63, 3.8) is 0 Å². The summed E-state index contributed by atoms with van der Waals surface area (Å²) in [6.07, 6.45) is 3.53. The van der Waals surface area contributed by atoms with Crippen LogP contribution in [-0.4, -0.2) is 17.5 Å². The highest BCUT2D eigenvalue weighted by Gasteiger charge is 2.10. The van der Waals surface area contributed by atoms with Gasteiger partial charge in [-0.15, -0.1) is 0 Å². The summed E-state index contributed by atoms with van der Waals surface area (Å²) in [4.78, 5) is 12.2. The molecular weight excluding hydrogens is 274 g/mol. The second-order valence-corrected chi connectivity index (χ2v) is 5.72. The van der Waals surface area contributed by atoms with E-state index in [0.29, 0.717) is 11.6 Å². The Morgan fingerprint density at radius 1 is 1.18 bits per heavy atom. The van der Waals surface area contributed by atoms with Gasteiger partial charge in [0.2, 0.25) is 0 Å². The van der Waals surface area contributed by atoms with Gasteiger partial charge in [0.1, 0.15) is 5.75 Å². The zero-order valence-electron chi connectivity index (χ0n) is 13.9. The average Bonchev–Trinajstić information content (AvgIpc) is 2.79. The van der Waals surface area contributed by atoms with Crippen molar-refractivity contribution < 1.29 is 9.53 Å². The van der Waals surface area contributed by atoms with E-state index in [-0.39, 0.29) is 5.78 Å². The molecule has 3 nitrogen and oxygen atoms in total. The van der Waals surface area contributed by atoms with Gasteiger partial charge in [-0.2, -0.15) is 0 Å². The van der Waals surface area contributed by atoms with Crippen molar-refractivity contribution in [3.05, 3.63) is 58.9 Å². The Labute approximate surface area is 132 Å². The summed E-state index contributed by atoms with van der Waals surface area (Å²) in [7, 11) is 1.61. The normalized spacial score (nSPS) is 11.4. The molecule has 116 valence electrons. The first-order valence-corrected chi connectivity index (χ1v) is 7.49. The van der Waals surface area contributed by atoms with Gasteiger partial charge >= 0.3 is 0 Å². The fraction of sp³-hybridized carbons (Fsp3) is 0.316. The van der Waals surface area contributed by atoms with Crippen molar-refractivity contribution in [2.45, 2.75) is 33.7 Å². The Hall–Kier alpha value is -2.29. The molecule has 0 radical (unpaired) electrons. The van der Waals surface area contributed by atoms with Crippen LogP contribution in [0.25, 0.3) is 6.08 Å². The van der Waals surface area contributed by atoms with Crippen LogP contribution in [0.15, 0.2) is 36.4 Å². The van der Waals surface area contributed by atoms with Gasteiger partial charge < -0.3 is 9.30 Å². The number of hydrogen-bond acceptors (Lipinski definition) is 2. The number of carbonyl (C=O) groups excluding carboxylic acids is 1. The van der Waals surface area contributed by atoms with E-state index < -0.39 is 0 Å². The van der Waals surface area contributed by atoms with Crippen molar-refractivity contribution in [2.24, 2.45) is 0 Å². The van der Waals surface area contributed by atoms with E-state index in [2.05, 4.69) is 38.3 Å². The average molecular weight is 297 g/mol. The summed E-state index contributed by atoms with van der Waals surface area (Å²) >= 11 is 0. The molecule has 0 atom stereocenters. The molecule has 0 aliphatic rings. The van der Waals surface area contributed by atoms with Gasteiger partial charge in [-0.3, -0.25) is 4.79 Å². The molecule has 22 heavy (non-hydrogen) atoms. The third-order valence-corrected chi connectivity index (χ3v) is 3.83. The predicted octanol–water partition coefficient (Wildman–Crippen LogP) is 4.59. The Balaban J connectivity index is 2.21. The maximum absolute atomic E-state index is 12.2. The van der Waals surface area contributed by atoms with Crippen molar-refractivity contribution in [3.8, 4) is 5.75 Å². The minimum atomic E-state index is -0.00277. The zero-order valence-corrected chi connectivity index (χ0v) is 13.9.